The van der Waals surface area contributed by atoms with Crippen LogP contribution in [0.15, 0.2) is 38.2 Å². The van der Waals surface area contributed by atoms with Crippen LogP contribution < -0.4 is 10.5 Å². The predicted molar refractivity (Wildman–Crippen MR) is 73.8 cm³/mol. The van der Waals surface area contributed by atoms with Gasteiger partial charge >= 0.3 is 0 Å². The molecule has 0 aliphatic carbocycles. The van der Waals surface area contributed by atoms with Crippen LogP contribution in [0.3, 0.4) is 0 Å². The molecule has 0 amide bonds. The van der Waals surface area contributed by atoms with Gasteiger partial charge in [-0.25, -0.2) is 13.1 Å². The summed E-state index contributed by atoms with van der Waals surface area (Å²) in [5.41, 5.74) is 6.62. The number of hydrogen-bond donors (Lipinski definition) is 2. The number of sulfonamides is 1. The van der Waals surface area contributed by atoms with Gasteiger partial charge in [0.2, 0.25) is 10.0 Å². The number of nitrogens with zero attached hydrogens (tertiary/aromatic N) is 1. The van der Waals surface area contributed by atoms with Gasteiger partial charge in [-0.3, -0.25) is 0 Å². The largest absolute Gasteiger partial charge is 0.398 e. The summed E-state index contributed by atoms with van der Waals surface area (Å²) in [6, 6.07) is 6.09. The van der Waals surface area contributed by atoms with Crippen molar-refractivity contribution in [1.82, 2.24) is 9.88 Å². The average Bonchev–Trinajstić information content (AvgIpc) is 2.76. The van der Waals surface area contributed by atoms with Gasteiger partial charge in [-0.15, -0.1) is 0 Å². The van der Waals surface area contributed by atoms with Gasteiger partial charge in [0.05, 0.1) is 17.1 Å². The van der Waals surface area contributed by atoms with Crippen LogP contribution in [0.4, 0.5) is 5.69 Å². The first-order valence-corrected chi connectivity index (χ1v) is 7.63. The molecule has 1 aromatic carbocycles. The lowest BCUT2D eigenvalue weighted by Gasteiger charge is -2.06. The summed E-state index contributed by atoms with van der Waals surface area (Å²) in [5, 5.41) is 3.71. The van der Waals surface area contributed by atoms with Crippen LogP contribution in [0.25, 0.3) is 0 Å². The van der Waals surface area contributed by atoms with E-state index < -0.39 is 10.0 Å². The highest BCUT2D eigenvalue weighted by molar-refractivity contribution is 9.10. The molecule has 102 valence electrons. The monoisotopic (exact) mass is 345 g/mol. The number of nitrogens with one attached hydrogen (secondary N) is 1. The molecule has 0 unspecified atom stereocenters. The van der Waals surface area contributed by atoms with Crippen LogP contribution in [0.1, 0.15) is 11.5 Å². The van der Waals surface area contributed by atoms with E-state index >= 15 is 0 Å². The van der Waals surface area contributed by atoms with E-state index in [4.69, 9.17) is 10.3 Å². The average molecular weight is 346 g/mol. The first-order chi connectivity index (χ1) is 8.88. The maximum absolute atomic E-state index is 12.0. The zero-order chi connectivity index (χ0) is 14.0. The molecule has 1 aromatic heterocycles. The molecule has 8 heteroatoms. The Kier molecular flexibility index (Phi) is 3.93. The molecule has 0 radical (unpaired) electrons. The summed E-state index contributed by atoms with van der Waals surface area (Å²) < 4.78 is 31.9. The zero-order valence-electron chi connectivity index (χ0n) is 10.1. The Morgan fingerprint density at radius 1 is 1.42 bits per heavy atom. The highest BCUT2D eigenvalue weighted by Gasteiger charge is 2.15. The summed E-state index contributed by atoms with van der Waals surface area (Å²) >= 11 is 3.19. The lowest BCUT2D eigenvalue weighted by molar-refractivity contribution is 0.390. The third-order valence-corrected chi connectivity index (χ3v) is 4.49. The van der Waals surface area contributed by atoms with Crippen molar-refractivity contribution in [2.45, 2.75) is 18.4 Å². The Morgan fingerprint density at radius 3 is 2.74 bits per heavy atom. The van der Waals surface area contributed by atoms with Crippen LogP contribution in [-0.2, 0) is 16.6 Å². The van der Waals surface area contributed by atoms with Crippen LogP contribution in [-0.4, -0.2) is 13.6 Å². The maximum Gasteiger partial charge on any atom is 0.240 e. The first-order valence-electron chi connectivity index (χ1n) is 5.35. The second-order valence-electron chi connectivity index (χ2n) is 3.94. The molecule has 0 saturated carbocycles. The lowest BCUT2D eigenvalue weighted by atomic mass is 10.3. The third kappa shape index (κ3) is 3.34. The lowest BCUT2D eigenvalue weighted by Crippen LogP contribution is -2.23. The van der Waals surface area contributed by atoms with Gasteiger partial charge in [0, 0.05) is 16.2 Å². The van der Waals surface area contributed by atoms with Gasteiger partial charge in [-0.2, -0.15) is 0 Å². The fourth-order valence-corrected chi connectivity index (χ4v) is 2.98. The molecular formula is C11H12BrN3O3S. The SMILES string of the molecule is Cc1cc(CNS(=O)(=O)c2ccc(N)c(Br)c2)no1. The molecule has 0 aliphatic heterocycles. The van der Waals surface area contributed by atoms with Gasteiger partial charge in [-0.1, -0.05) is 5.16 Å². The minimum absolute atomic E-state index is 0.0711. The number of aromatic nitrogens is 1. The summed E-state index contributed by atoms with van der Waals surface area (Å²) in [5.74, 6) is 0.629. The quantitative estimate of drug-likeness (QED) is 0.823. The summed E-state index contributed by atoms with van der Waals surface area (Å²) in [6.45, 7) is 1.81. The molecule has 0 bridgehead atoms. The number of hydrogen-bond acceptors (Lipinski definition) is 5. The normalized spacial score (nSPS) is 11.7. The third-order valence-electron chi connectivity index (χ3n) is 2.40. The zero-order valence-corrected chi connectivity index (χ0v) is 12.5. The highest BCUT2D eigenvalue weighted by Crippen LogP contribution is 2.23. The van der Waals surface area contributed by atoms with Crippen molar-refractivity contribution in [2.24, 2.45) is 0 Å². The van der Waals surface area contributed by atoms with Crippen molar-refractivity contribution in [3.8, 4) is 0 Å². The number of aryl methyl sites for hydroxylation is 1. The van der Waals surface area contributed by atoms with Gasteiger partial charge in [-0.05, 0) is 41.1 Å². The minimum atomic E-state index is -3.61. The van der Waals surface area contributed by atoms with E-state index in [0.29, 0.717) is 21.6 Å². The van der Waals surface area contributed by atoms with Gasteiger partial charge in [0.1, 0.15) is 5.76 Å². The first kappa shape index (κ1) is 14.0. The van der Waals surface area contributed by atoms with E-state index in [1.54, 1.807) is 13.0 Å². The molecule has 2 rings (SSSR count). The second-order valence-corrected chi connectivity index (χ2v) is 6.56. The number of halogens is 1. The second kappa shape index (κ2) is 5.32. The maximum atomic E-state index is 12.0. The van der Waals surface area contributed by atoms with E-state index in [1.807, 2.05) is 0 Å². The van der Waals surface area contributed by atoms with Crippen molar-refractivity contribution >= 4 is 31.6 Å². The molecule has 6 nitrogen and oxygen atoms in total. The molecule has 0 aliphatic rings. The molecule has 3 N–H and O–H groups in total. The van der Waals surface area contributed by atoms with Crippen LogP contribution in [0, 0.1) is 6.92 Å². The minimum Gasteiger partial charge on any atom is -0.398 e. The number of anilines is 1. The standard InChI is InChI=1S/C11H12BrN3O3S/c1-7-4-8(15-18-7)6-14-19(16,17)9-2-3-11(13)10(12)5-9/h2-5,14H,6,13H2,1H3. The summed E-state index contributed by atoms with van der Waals surface area (Å²) in [6.07, 6.45) is 0. The van der Waals surface area contributed by atoms with Crippen molar-refractivity contribution < 1.29 is 12.9 Å². The predicted octanol–water partition coefficient (Wildman–Crippen LogP) is 1.81. The van der Waals surface area contributed by atoms with Gasteiger partial charge in [0.15, 0.2) is 0 Å². The molecular weight excluding hydrogens is 334 g/mol. The van der Waals surface area contributed by atoms with E-state index in [9.17, 15) is 8.42 Å². The van der Waals surface area contributed by atoms with Crippen molar-refractivity contribution in [2.75, 3.05) is 5.73 Å². The summed E-state index contributed by atoms with van der Waals surface area (Å²) in [7, 11) is -3.61. The van der Waals surface area contributed by atoms with Gasteiger partial charge in [0.25, 0.3) is 0 Å². The van der Waals surface area contributed by atoms with E-state index in [0.717, 1.165) is 0 Å². The van der Waals surface area contributed by atoms with Gasteiger partial charge < -0.3 is 10.3 Å². The molecule has 0 saturated heterocycles. The number of benzene rings is 1. The Labute approximate surface area is 119 Å². The smallest absolute Gasteiger partial charge is 0.240 e. The Morgan fingerprint density at radius 2 is 2.16 bits per heavy atom. The van der Waals surface area contributed by atoms with E-state index in [1.165, 1.54) is 18.2 Å². The Hall–Kier alpha value is -1.38. The fourth-order valence-electron chi connectivity index (χ4n) is 1.43. The molecule has 0 fully saturated rings. The molecule has 19 heavy (non-hydrogen) atoms. The Balaban J connectivity index is 2.16. The number of nitrogen functional groups attached to an aromatic ring is 1. The summed E-state index contributed by atoms with van der Waals surface area (Å²) in [4.78, 5) is 0.133. The molecule has 0 atom stereocenters. The molecule has 2 aromatic rings. The van der Waals surface area contributed by atoms with Crippen LogP contribution >= 0.6 is 15.9 Å². The highest BCUT2D eigenvalue weighted by atomic mass is 79.9. The van der Waals surface area contributed by atoms with E-state index in [-0.39, 0.29) is 11.4 Å². The number of nitrogens with two attached hydrogens (primary N) is 1. The number of rotatable bonds is 4. The van der Waals surface area contributed by atoms with Crippen LogP contribution in [0.2, 0.25) is 0 Å². The molecule has 0 spiro atoms. The van der Waals surface area contributed by atoms with Crippen LogP contribution in [0.5, 0.6) is 0 Å². The van der Waals surface area contributed by atoms with Crippen molar-refractivity contribution in [1.29, 1.82) is 0 Å². The van der Waals surface area contributed by atoms with Crippen molar-refractivity contribution in [3.63, 3.8) is 0 Å². The van der Waals surface area contributed by atoms with Crippen molar-refractivity contribution in [3.05, 3.63) is 40.2 Å². The van der Waals surface area contributed by atoms with E-state index in [2.05, 4.69) is 25.8 Å². The Bertz CT molecular complexity index is 697. The molecule has 1 heterocycles. The fraction of sp³-hybridized carbons (Fsp3) is 0.182. The topological polar surface area (TPSA) is 98.2 Å².